The first-order chi connectivity index (χ1) is 44.1. The maximum absolute atomic E-state index is 5.71. The minimum atomic E-state index is 0.269. The Morgan fingerprint density at radius 2 is 0.515 bits per heavy atom. The van der Waals surface area contributed by atoms with Gasteiger partial charge in [0.2, 0.25) is 0 Å². The lowest BCUT2D eigenvalue weighted by atomic mass is 9.67. The van der Waals surface area contributed by atoms with Crippen molar-refractivity contribution < 1.29 is 9.47 Å². The number of nitrogens with one attached hydrogen (secondary N) is 1. The molecule has 0 rings (SSSR count). The lowest BCUT2D eigenvalue weighted by Gasteiger charge is -2.39. The molecule has 0 fully saturated rings. The summed E-state index contributed by atoms with van der Waals surface area (Å²) in [6.45, 7) is 116. The second-order valence-corrected chi connectivity index (χ2v) is 49.1. The molecule has 4 nitrogen and oxygen atoms in total. The van der Waals surface area contributed by atoms with Crippen LogP contribution in [0.5, 0.6) is 0 Å². The second kappa shape index (κ2) is 50.0. The molecule has 0 bridgehead atoms. The monoisotopic (exact) mass is 1430 g/mol. The normalized spacial score (nSPS) is 14.1. The lowest BCUT2D eigenvalue weighted by molar-refractivity contribution is 0.0507. The van der Waals surface area contributed by atoms with Crippen LogP contribution in [-0.4, -0.2) is 62.5 Å². The molecule has 0 aliphatic heterocycles. The second-order valence-electron chi connectivity index (χ2n) is 49.1. The summed E-state index contributed by atoms with van der Waals surface area (Å²) in [6.07, 6.45) is 37.9. The molecule has 0 aliphatic carbocycles. The summed E-state index contributed by atoms with van der Waals surface area (Å²) < 4.78 is 11.3. The highest BCUT2D eigenvalue weighted by atomic mass is 16.5. The topological polar surface area (TPSA) is 33.7 Å². The zero-order chi connectivity index (χ0) is 82.1. The van der Waals surface area contributed by atoms with E-state index in [0.29, 0.717) is 86.8 Å². The minimum absolute atomic E-state index is 0.269. The summed E-state index contributed by atoms with van der Waals surface area (Å²) in [5, 5.41) is 3.55. The van der Waals surface area contributed by atoms with Gasteiger partial charge in [-0.25, -0.2) is 0 Å². The number of nitrogens with zero attached hydrogens (tertiary/aromatic N) is 1. The van der Waals surface area contributed by atoms with E-state index in [0.717, 1.165) is 33.0 Å². The van der Waals surface area contributed by atoms with Crippen LogP contribution in [0.25, 0.3) is 0 Å². The fourth-order valence-electron chi connectivity index (χ4n) is 8.80. The number of ether oxygens (including phenoxy) is 2. The SMILES string of the molecule is CC(C)(C)C/C=C/CC(C)(C)C.CC(C)(C)C/C=C/CCC(C)(C)C.CC(C)(C)C/C=C\CCC(C)(C)C.CC(C)(C)CCCOCC(C)(C)C.CC(C)(C)COCCCC(C)(C)C(C)(C)C.CC(C)(C)NCCCCCC(C)(C)C(C)(C)C.CN(CCCCC(C)(C)C(C)(C)C)C(C)(C)C. The summed E-state index contributed by atoms with van der Waals surface area (Å²) in [5.74, 6) is 0. The zero-order valence-electron chi connectivity index (χ0n) is 80.4. The van der Waals surface area contributed by atoms with E-state index in [1.807, 2.05) is 0 Å². The number of unbranched alkanes of at least 4 members (excludes halogenated alkanes) is 3. The van der Waals surface area contributed by atoms with Gasteiger partial charge in [-0.1, -0.05) is 347 Å². The van der Waals surface area contributed by atoms with E-state index < -0.39 is 0 Å². The summed E-state index contributed by atoms with van der Waals surface area (Å²) in [4.78, 5) is 2.46. The Morgan fingerprint density at radius 1 is 0.257 bits per heavy atom. The number of rotatable bonds is 28. The van der Waals surface area contributed by atoms with Crippen molar-refractivity contribution in [3.63, 3.8) is 0 Å². The largest absolute Gasteiger partial charge is 0.381 e. The molecular formula is C97H204N2O2. The zero-order valence-corrected chi connectivity index (χ0v) is 80.4. The van der Waals surface area contributed by atoms with E-state index in [-0.39, 0.29) is 5.54 Å². The molecule has 0 aromatic rings. The maximum atomic E-state index is 5.71. The molecule has 101 heavy (non-hydrogen) atoms. The van der Waals surface area contributed by atoms with E-state index in [2.05, 4.69) is 386 Å². The smallest absolute Gasteiger partial charge is 0.0514 e. The van der Waals surface area contributed by atoms with Crippen molar-refractivity contribution in [2.75, 3.05) is 46.6 Å². The van der Waals surface area contributed by atoms with Crippen molar-refractivity contribution in [2.24, 2.45) is 81.2 Å². The molecule has 4 heteroatoms. The van der Waals surface area contributed by atoms with Gasteiger partial charge in [-0.2, -0.15) is 0 Å². The quantitative estimate of drug-likeness (QED) is 0.0625. The van der Waals surface area contributed by atoms with Gasteiger partial charge in [-0.15, -0.1) is 0 Å². The van der Waals surface area contributed by atoms with Crippen molar-refractivity contribution in [1.29, 1.82) is 0 Å². The third-order valence-electron chi connectivity index (χ3n) is 19.8. The molecule has 614 valence electrons. The Labute approximate surface area is 645 Å². The number of allylic oxidation sites excluding steroid dienone is 6. The first-order valence-electron chi connectivity index (χ1n) is 41.7. The average Bonchev–Trinajstić information content (AvgIpc) is 0.857. The van der Waals surface area contributed by atoms with Crippen molar-refractivity contribution in [2.45, 2.75) is 465 Å². The molecule has 0 heterocycles. The van der Waals surface area contributed by atoms with Gasteiger partial charge in [0.25, 0.3) is 0 Å². The summed E-state index contributed by atoms with van der Waals surface area (Å²) in [7, 11) is 2.23. The van der Waals surface area contributed by atoms with Crippen LogP contribution in [0, 0.1) is 81.2 Å². The van der Waals surface area contributed by atoms with Crippen LogP contribution < -0.4 is 5.32 Å². The van der Waals surface area contributed by atoms with Gasteiger partial charge in [0.1, 0.15) is 0 Å². The summed E-state index contributed by atoms with van der Waals surface area (Å²) >= 11 is 0. The van der Waals surface area contributed by atoms with Gasteiger partial charge in [0.05, 0.1) is 13.2 Å². The van der Waals surface area contributed by atoms with Crippen molar-refractivity contribution in [1.82, 2.24) is 10.2 Å². The highest BCUT2D eigenvalue weighted by Gasteiger charge is 2.34. The summed E-state index contributed by atoms with van der Waals surface area (Å²) in [5.41, 5.74) is 6.81. The van der Waals surface area contributed by atoms with Crippen LogP contribution in [0.15, 0.2) is 36.5 Å². The molecule has 0 amide bonds. The Bertz CT molecular complexity index is 1930. The van der Waals surface area contributed by atoms with Crippen molar-refractivity contribution >= 4 is 0 Å². The fraction of sp³-hybridized carbons (Fsp3) is 0.938. The molecule has 0 aromatic carbocycles. The predicted molar refractivity (Wildman–Crippen MR) is 472 cm³/mol. The number of hydrogen-bond donors (Lipinski definition) is 1. The fourth-order valence-corrected chi connectivity index (χ4v) is 8.80. The molecule has 0 radical (unpaired) electrons. The van der Waals surface area contributed by atoms with Gasteiger partial charge >= 0.3 is 0 Å². The van der Waals surface area contributed by atoms with Crippen LogP contribution >= 0.6 is 0 Å². The van der Waals surface area contributed by atoms with E-state index in [4.69, 9.17) is 9.47 Å². The molecule has 0 spiro atoms. The maximum Gasteiger partial charge on any atom is 0.0514 e. The standard InChI is InChI=1S/2C16H35N.C15H32O.2C13H26.C12H26O.C12H24/c1-14(2,3)16(7,8)12-10-11-13-17(9)15(4,5)6;1-14(2,3)16(7,8)12-10-9-11-13-17-15(4,5)6;1-13(2,3)12-16-11-9-10-15(7,8)14(4,5)6;2*1-12(2,3)10-8-7-9-11-13(4,5)6;1-11(2,3)8-7-9-13-10-12(4,5)6;1-11(2,3)9-7-8-10-12(4,5)6/h10-13H2,1-9H3;17H,9-13H2,1-8H3;9-12H2,1-8H3;2*7-8H,9-11H2,1-6H3;7-10H2,1-6H3;7-8H,9-10H2,1-6H3/b;;;8-7+;8-7-;;8-7+. The Hall–Kier alpha value is -0.940. The molecule has 0 saturated carbocycles. The van der Waals surface area contributed by atoms with Crippen LogP contribution in [-0.2, 0) is 9.47 Å². The lowest BCUT2D eigenvalue weighted by Crippen LogP contribution is -2.38. The van der Waals surface area contributed by atoms with E-state index in [1.165, 1.54) is 129 Å². The Morgan fingerprint density at radius 3 is 0.752 bits per heavy atom. The average molecular weight is 1430 g/mol. The van der Waals surface area contributed by atoms with E-state index in [9.17, 15) is 0 Å². The predicted octanol–water partition coefficient (Wildman–Crippen LogP) is 32.8. The molecular weight excluding hydrogens is 1230 g/mol. The van der Waals surface area contributed by atoms with Gasteiger partial charge in [0.15, 0.2) is 0 Å². The summed E-state index contributed by atoms with van der Waals surface area (Å²) in [6, 6.07) is 0. The molecule has 0 unspecified atom stereocenters. The third kappa shape index (κ3) is 93.2. The molecule has 0 saturated heterocycles. The third-order valence-corrected chi connectivity index (χ3v) is 19.8. The van der Waals surface area contributed by atoms with Crippen LogP contribution in [0.2, 0.25) is 0 Å². The Kier molecular flexibility index (Phi) is 56.1. The first-order valence-corrected chi connectivity index (χ1v) is 41.7. The molecule has 0 aliphatic rings. The van der Waals surface area contributed by atoms with Crippen LogP contribution in [0.1, 0.15) is 454 Å². The highest BCUT2D eigenvalue weighted by molar-refractivity contribution is 4.91. The first kappa shape index (κ1) is 113. The van der Waals surface area contributed by atoms with Gasteiger partial charge < -0.3 is 19.7 Å². The Balaban J connectivity index is -0.000000205. The highest BCUT2D eigenvalue weighted by Crippen LogP contribution is 2.44. The van der Waals surface area contributed by atoms with Crippen LogP contribution in [0.4, 0.5) is 0 Å². The molecule has 0 aromatic heterocycles. The molecule has 1 N–H and O–H groups in total. The number of hydrogen-bond acceptors (Lipinski definition) is 4. The van der Waals surface area contributed by atoms with Gasteiger partial charge in [-0.05, 0) is 246 Å². The molecule has 0 atom stereocenters. The van der Waals surface area contributed by atoms with Gasteiger partial charge in [-0.3, -0.25) is 0 Å². The van der Waals surface area contributed by atoms with E-state index >= 15 is 0 Å². The minimum Gasteiger partial charge on any atom is -0.381 e. The van der Waals surface area contributed by atoms with Crippen molar-refractivity contribution in [3.05, 3.63) is 36.5 Å². The van der Waals surface area contributed by atoms with E-state index in [1.54, 1.807) is 0 Å². The van der Waals surface area contributed by atoms with Crippen LogP contribution in [0.3, 0.4) is 0 Å². The van der Waals surface area contributed by atoms with Gasteiger partial charge in [0, 0.05) is 24.3 Å². The van der Waals surface area contributed by atoms with Crippen molar-refractivity contribution in [3.8, 4) is 0 Å².